The normalized spacial score (nSPS) is 21.2. The zero-order valence-corrected chi connectivity index (χ0v) is 22.6. The van der Waals surface area contributed by atoms with Crippen molar-refractivity contribution in [2.75, 3.05) is 5.75 Å². The summed E-state index contributed by atoms with van der Waals surface area (Å²) in [4.78, 5) is 20.0. The quantitative estimate of drug-likeness (QED) is 0.551. The van der Waals surface area contributed by atoms with E-state index in [0.717, 1.165) is 38.9 Å². The van der Waals surface area contributed by atoms with Gasteiger partial charge >= 0.3 is 0 Å². The lowest BCUT2D eigenvalue weighted by Crippen LogP contribution is -2.35. The van der Waals surface area contributed by atoms with Crippen molar-refractivity contribution in [3.05, 3.63) is 129 Å². The van der Waals surface area contributed by atoms with Crippen molar-refractivity contribution in [1.82, 2.24) is 4.90 Å². The van der Waals surface area contributed by atoms with Gasteiger partial charge < -0.3 is 4.90 Å². The van der Waals surface area contributed by atoms with Crippen LogP contribution in [0.1, 0.15) is 53.1 Å². The molecule has 0 amide bonds. The molecular formula is C32H26F2N2O3S. The van der Waals surface area contributed by atoms with Crippen molar-refractivity contribution in [2.24, 2.45) is 4.99 Å². The number of nitrogens with zero attached hydrogens (tertiary/aromatic N) is 2. The SMILES string of the molecule is CC1C=CC(CC[SH](=O)=O)=c2ccc3c(c21)C(=O)C=C1C(N2C=CC=NC=C2)=CCC(c2ccc(F)cc2F)C=31. The minimum Gasteiger partial charge on any atom is -0.322 e. The molecule has 1 heterocycles. The fraction of sp³-hybridized carbons (Fsp3) is 0.188. The first kappa shape index (κ1) is 26.1. The zero-order chi connectivity index (χ0) is 28.0. The Bertz CT molecular complexity index is 1820. The molecule has 40 heavy (non-hydrogen) atoms. The van der Waals surface area contributed by atoms with E-state index in [1.165, 1.54) is 12.1 Å². The minimum atomic E-state index is -2.53. The van der Waals surface area contributed by atoms with Crippen LogP contribution >= 0.6 is 0 Å². The number of thiol groups is 1. The van der Waals surface area contributed by atoms with Gasteiger partial charge in [-0.25, -0.2) is 17.2 Å². The van der Waals surface area contributed by atoms with E-state index in [1.807, 2.05) is 48.4 Å². The van der Waals surface area contributed by atoms with E-state index in [9.17, 15) is 17.6 Å². The Morgan fingerprint density at radius 3 is 2.73 bits per heavy atom. The van der Waals surface area contributed by atoms with Crippen molar-refractivity contribution in [1.29, 1.82) is 0 Å². The third kappa shape index (κ3) is 4.52. The molecule has 6 rings (SSSR count). The lowest BCUT2D eigenvalue weighted by Gasteiger charge is -2.35. The average molecular weight is 557 g/mol. The molecule has 1 aliphatic heterocycles. The van der Waals surface area contributed by atoms with E-state index in [2.05, 4.69) is 4.99 Å². The van der Waals surface area contributed by atoms with Crippen LogP contribution in [0.2, 0.25) is 0 Å². The fourth-order valence-corrected chi connectivity index (χ4v) is 6.50. The van der Waals surface area contributed by atoms with E-state index in [4.69, 9.17) is 0 Å². The summed E-state index contributed by atoms with van der Waals surface area (Å²) in [7, 11) is -2.53. The summed E-state index contributed by atoms with van der Waals surface area (Å²) in [6.45, 7) is 2.01. The van der Waals surface area contributed by atoms with E-state index in [1.54, 1.807) is 30.8 Å². The van der Waals surface area contributed by atoms with Crippen molar-refractivity contribution in [2.45, 2.75) is 31.6 Å². The molecule has 4 aliphatic rings. The number of fused-ring (bicyclic) bond motifs is 4. The summed E-state index contributed by atoms with van der Waals surface area (Å²) in [5.41, 5.74) is 4.90. The molecule has 0 spiro atoms. The Balaban J connectivity index is 1.64. The maximum absolute atomic E-state index is 15.2. The number of aliphatic imine (C=N–C) groups is 1. The van der Waals surface area contributed by atoms with E-state index in [-0.39, 0.29) is 17.5 Å². The van der Waals surface area contributed by atoms with Crippen molar-refractivity contribution >= 4 is 33.8 Å². The molecule has 5 nitrogen and oxygen atoms in total. The van der Waals surface area contributed by atoms with Gasteiger partial charge in [-0.05, 0) is 63.8 Å². The van der Waals surface area contributed by atoms with Gasteiger partial charge in [0.2, 0.25) is 0 Å². The van der Waals surface area contributed by atoms with Crippen molar-refractivity contribution in [3.8, 4) is 0 Å². The fourth-order valence-electron chi connectivity index (χ4n) is 6.07. The number of rotatable bonds is 5. The predicted octanol–water partition coefficient (Wildman–Crippen LogP) is 4.51. The predicted molar refractivity (Wildman–Crippen MR) is 153 cm³/mol. The molecule has 0 fully saturated rings. The number of carbonyl (C=O) groups excluding carboxylic acids is 1. The highest BCUT2D eigenvalue weighted by atomic mass is 32.2. The second kappa shape index (κ2) is 10.4. The van der Waals surface area contributed by atoms with Crippen LogP contribution in [0.25, 0.3) is 11.1 Å². The zero-order valence-electron chi connectivity index (χ0n) is 21.7. The third-order valence-corrected chi connectivity index (χ3v) is 8.41. The Kier molecular flexibility index (Phi) is 6.80. The van der Waals surface area contributed by atoms with Gasteiger partial charge in [-0.2, -0.15) is 0 Å². The number of benzene rings is 2. The van der Waals surface area contributed by atoms with E-state index >= 15 is 4.39 Å². The molecular weight excluding hydrogens is 530 g/mol. The van der Waals surface area contributed by atoms with Gasteiger partial charge in [-0.3, -0.25) is 9.79 Å². The lowest BCUT2D eigenvalue weighted by atomic mass is 9.72. The second-order valence-corrected chi connectivity index (χ2v) is 11.3. The monoisotopic (exact) mass is 556 g/mol. The molecule has 0 N–H and O–H groups in total. The highest BCUT2D eigenvalue weighted by Crippen LogP contribution is 2.45. The second-order valence-electron chi connectivity index (χ2n) is 10.2. The number of allylic oxidation sites excluding steroid dienone is 6. The van der Waals surface area contributed by atoms with Gasteiger partial charge in [0.1, 0.15) is 22.3 Å². The molecule has 3 aliphatic carbocycles. The Morgan fingerprint density at radius 2 is 1.93 bits per heavy atom. The van der Waals surface area contributed by atoms with Crippen LogP contribution in [0.15, 0.2) is 95.6 Å². The van der Waals surface area contributed by atoms with Crippen LogP contribution in [0.4, 0.5) is 8.78 Å². The summed E-state index contributed by atoms with van der Waals surface area (Å²) in [5.74, 6) is -1.94. The van der Waals surface area contributed by atoms with Gasteiger partial charge in [-0.1, -0.05) is 43.4 Å². The minimum absolute atomic E-state index is 0.0238. The first-order valence-electron chi connectivity index (χ1n) is 13.1. The van der Waals surface area contributed by atoms with Gasteiger partial charge in [-0.15, -0.1) is 0 Å². The molecule has 0 bridgehead atoms. The summed E-state index contributed by atoms with van der Waals surface area (Å²) in [6, 6.07) is 7.48. The Hall–Kier alpha value is -4.17. The maximum Gasteiger partial charge on any atom is 0.187 e. The summed E-state index contributed by atoms with van der Waals surface area (Å²) >= 11 is 0. The topological polar surface area (TPSA) is 66.8 Å². The molecule has 202 valence electrons. The molecule has 8 heteroatoms. The molecule has 0 saturated carbocycles. The van der Waals surface area contributed by atoms with Crippen LogP contribution in [0.3, 0.4) is 0 Å². The molecule has 2 atom stereocenters. The molecule has 0 saturated heterocycles. The summed E-state index contributed by atoms with van der Waals surface area (Å²) < 4.78 is 51.7. The average Bonchev–Trinajstić information content (AvgIpc) is 3.21. The van der Waals surface area contributed by atoms with Gasteiger partial charge in [0, 0.05) is 59.6 Å². The molecule has 2 aromatic carbocycles. The summed E-state index contributed by atoms with van der Waals surface area (Å²) in [6.07, 6.45) is 17.1. The van der Waals surface area contributed by atoms with Crippen molar-refractivity contribution in [3.63, 3.8) is 0 Å². The first-order valence-corrected chi connectivity index (χ1v) is 14.5. The Labute approximate surface area is 232 Å². The van der Waals surface area contributed by atoms with E-state index < -0.39 is 28.3 Å². The van der Waals surface area contributed by atoms with Gasteiger partial charge in [0.25, 0.3) is 0 Å². The molecule has 2 unspecified atom stereocenters. The van der Waals surface area contributed by atoms with Crippen LogP contribution < -0.4 is 10.4 Å². The van der Waals surface area contributed by atoms with E-state index in [0.29, 0.717) is 29.5 Å². The standard InChI is InChI=1S/C32H26F2N2O3S/c1-19-3-4-20(11-16-40(38)39)22-7-8-25-31-24(23-6-5-21(33)17-27(23)34)9-10-28(36-14-2-12-35-13-15-36)26(31)18-29(37)32(25)30(19)22/h2-8,10,12-15,17-19,24,40H,9,11,16H2,1H3. The van der Waals surface area contributed by atoms with Crippen molar-refractivity contribution < 1.29 is 22.0 Å². The van der Waals surface area contributed by atoms with Crippen LogP contribution in [0.5, 0.6) is 0 Å². The largest absolute Gasteiger partial charge is 0.322 e. The molecule has 0 radical (unpaired) electrons. The highest BCUT2D eigenvalue weighted by Gasteiger charge is 2.35. The highest BCUT2D eigenvalue weighted by molar-refractivity contribution is 7.72. The Morgan fingerprint density at radius 1 is 1.10 bits per heavy atom. The van der Waals surface area contributed by atoms with Crippen LogP contribution in [0, 0.1) is 11.6 Å². The maximum atomic E-state index is 15.2. The third-order valence-electron chi connectivity index (χ3n) is 7.82. The van der Waals surface area contributed by atoms with Crippen LogP contribution in [-0.4, -0.2) is 31.1 Å². The number of halogens is 2. The number of hydrogen-bond donors (Lipinski definition) is 1. The number of carbonyl (C=O) groups is 1. The van der Waals surface area contributed by atoms with Gasteiger partial charge in [0.05, 0.1) is 5.75 Å². The molecule has 0 aromatic heterocycles. The number of hydrogen-bond acceptors (Lipinski definition) is 5. The first-order chi connectivity index (χ1) is 19.3. The van der Waals surface area contributed by atoms with Gasteiger partial charge in [0.15, 0.2) is 5.78 Å². The summed E-state index contributed by atoms with van der Waals surface area (Å²) in [5, 5.41) is 1.58. The smallest absolute Gasteiger partial charge is 0.187 e. The number of ketones is 1. The van der Waals surface area contributed by atoms with Crippen LogP contribution in [-0.2, 0) is 10.7 Å². The lowest BCUT2D eigenvalue weighted by molar-refractivity contribution is 0.104. The molecule has 2 aromatic rings.